The summed E-state index contributed by atoms with van der Waals surface area (Å²) in [7, 11) is 0. The molecule has 1 aromatic rings. The number of hydrogen-bond acceptors (Lipinski definition) is 2. The molecule has 0 aromatic heterocycles. The molecule has 1 amide bonds. The highest BCUT2D eigenvalue weighted by atomic mass is 16.4. The van der Waals surface area contributed by atoms with E-state index in [0.717, 1.165) is 6.42 Å². The Hall–Kier alpha value is -1.84. The molecular weight excluding hydrogens is 254 g/mol. The Kier molecular flexibility index (Phi) is 5.74. The lowest BCUT2D eigenvalue weighted by Crippen LogP contribution is -2.25. The van der Waals surface area contributed by atoms with Crippen molar-refractivity contribution in [3.63, 3.8) is 0 Å². The number of carboxylic acids is 1. The fourth-order valence-corrected chi connectivity index (χ4v) is 1.90. The molecule has 0 spiro atoms. The summed E-state index contributed by atoms with van der Waals surface area (Å²) >= 11 is 0. The van der Waals surface area contributed by atoms with Crippen molar-refractivity contribution in [2.75, 3.05) is 5.32 Å². The number of hydrogen-bond donors (Lipinski definition) is 2. The molecule has 20 heavy (non-hydrogen) atoms. The topological polar surface area (TPSA) is 66.4 Å². The summed E-state index contributed by atoms with van der Waals surface area (Å²) in [4.78, 5) is 23.1. The van der Waals surface area contributed by atoms with Crippen molar-refractivity contribution in [1.82, 2.24) is 0 Å². The van der Waals surface area contributed by atoms with E-state index < -0.39 is 11.9 Å². The molecule has 0 saturated carbocycles. The van der Waals surface area contributed by atoms with E-state index in [9.17, 15) is 9.59 Å². The molecule has 2 N–H and O–H groups in total. The molecule has 0 radical (unpaired) electrons. The molecule has 0 heterocycles. The van der Waals surface area contributed by atoms with Crippen molar-refractivity contribution in [1.29, 1.82) is 0 Å². The van der Waals surface area contributed by atoms with E-state index >= 15 is 0 Å². The summed E-state index contributed by atoms with van der Waals surface area (Å²) < 4.78 is 0. The van der Waals surface area contributed by atoms with E-state index in [1.165, 1.54) is 0 Å². The number of rotatable bonds is 6. The van der Waals surface area contributed by atoms with E-state index in [-0.39, 0.29) is 11.8 Å². The van der Waals surface area contributed by atoms with Gasteiger partial charge in [0, 0.05) is 11.6 Å². The number of anilines is 1. The van der Waals surface area contributed by atoms with Crippen LogP contribution in [0.4, 0.5) is 5.69 Å². The molecule has 0 aliphatic rings. The lowest BCUT2D eigenvalue weighted by atomic mass is 9.92. The maximum absolute atomic E-state index is 12.1. The second-order valence-corrected chi connectivity index (χ2v) is 5.35. The average Bonchev–Trinajstić information content (AvgIpc) is 2.44. The number of aliphatic carboxylic acids is 1. The van der Waals surface area contributed by atoms with Crippen LogP contribution in [0.5, 0.6) is 0 Å². The number of benzene rings is 1. The first-order chi connectivity index (χ1) is 9.36. The van der Waals surface area contributed by atoms with Crippen LogP contribution in [0.15, 0.2) is 24.3 Å². The standard InChI is InChI=1S/C16H23NO3/c1-5-10(2)11(3)15(18)17-14-8-6-7-13(9-14)12(4)16(19)20/h6-12H,5H2,1-4H3,(H,17,18)(H,19,20). The normalized spacial score (nSPS) is 15.2. The Morgan fingerprint density at radius 3 is 2.45 bits per heavy atom. The molecule has 4 heteroatoms. The van der Waals surface area contributed by atoms with E-state index in [1.807, 2.05) is 13.8 Å². The Balaban J connectivity index is 2.81. The number of nitrogens with one attached hydrogen (secondary N) is 1. The van der Waals surface area contributed by atoms with Crippen molar-refractivity contribution in [2.24, 2.45) is 11.8 Å². The summed E-state index contributed by atoms with van der Waals surface area (Å²) in [6.07, 6.45) is 0.949. The van der Waals surface area contributed by atoms with Gasteiger partial charge in [0.05, 0.1) is 5.92 Å². The third-order valence-electron chi connectivity index (χ3n) is 3.94. The minimum absolute atomic E-state index is 0.0283. The van der Waals surface area contributed by atoms with Crippen LogP contribution in [0.25, 0.3) is 0 Å². The van der Waals surface area contributed by atoms with Crippen molar-refractivity contribution < 1.29 is 14.7 Å². The predicted molar refractivity (Wildman–Crippen MR) is 79.7 cm³/mol. The van der Waals surface area contributed by atoms with Crippen molar-refractivity contribution in [3.8, 4) is 0 Å². The molecule has 0 saturated heterocycles. The number of carbonyl (C=O) groups excluding carboxylic acids is 1. The van der Waals surface area contributed by atoms with Crippen LogP contribution in [0.2, 0.25) is 0 Å². The van der Waals surface area contributed by atoms with Crippen LogP contribution in [0, 0.1) is 11.8 Å². The summed E-state index contributed by atoms with van der Waals surface area (Å²) in [6, 6.07) is 7.02. The molecule has 4 nitrogen and oxygen atoms in total. The van der Waals surface area contributed by atoms with Crippen LogP contribution in [0.1, 0.15) is 45.6 Å². The molecule has 0 aliphatic carbocycles. The first-order valence-corrected chi connectivity index (χ1v) is 7.00. The van der Waals surface area contributed by atoms with Gasteiger partial charge in [-0.3, -0.25) is 9.59 Å². The molecule has 0 fully saturated rings. The third kappa shape index (κ3) is 4.08. The zero-order chi connectivity index (χ0) is 15.3. The zero-order valence-electron chi connectivity index (χ0n) is 12.5. The lowest BCUT2D eigenvalue weighted by molar-refractivity contribution is -0.138. The largest absolute Gasteiger partial charge is 0.481 e. The molecule has 3 atom stereocenters. The molecule has 1 rings (SSSR count). The maximum atomic E-state index is 12.1. The maximum Gasteiger partial charge on any atom is 0.310 e. The van der Waals surface area contributed by atoms with Gasteiger partial charge in [-0.1, -0.05) is 39.3 Å². The lowest BCUT2D eigenvalue weighted by Gasteiger charge is -2.18. The van der Waals surface area contributed by atoms with Crippen LogP contribution in [-0.2, 0) is 9.59 Å². The fourth-order valence-electron chi connectivity index (χ4n) is 1.90. The van der Waals surface area contributed by atoms with Crippen molar-refractivity contribution in [3.05, 3.63) is 29.8 Å². The van der Waals surface area contributed by atoms with E-state index in [2.05, 4.69) is 12.2 Å². The van der Waals surface area contributed by atoms with Gasteiger partial charge >= 0.3 is 5.97 Å². The van der Waals surface area contributed by atoms with Crippen molar-refractivity contribution >= 4 is 17.6 Å². The highest BCUT2D eigenvalue weighted by Gasteiger charge is 2.19. The summed E-state index contributed by atoms with van der Waals surface area (Å²) in [5, 5.41) is 11.9. The number of carboxylic acid groups (broad SMARTS) is 1. The first kappa shape index (κ1) is 16.2. The molecule has 0 aliphatic heterocycles. The van der Waals surface area contributed by atoms with E-state index in [0.29, 0.717) is 17.2 Å². The van der Waals surface area contributed by atoms with Gasteiger partial charge in [-0.15, -0.1) is 0 Å². The third-order valence-corrected chi connectivity index (χ3v) is 3.94. The van der Waals surface area contributed by atoms with Gasteiger partial charge in [0.1, 0.15) is 0 Å². The van der Waals surface area contributed by atoms with E-state index in [4.69, 9.17) is 5.11 Å². The quantitative estimate of drug-likeness (QED) is 0.836. The molecule has 0 bridgehead atoms. The Labute approximate surface area is 120 Å². The number of amides is 1. The SMILES string of the molecule is CCC(C)C(C)C(=O)Nc1cccc(C(C)C(=O)O)c1. The monoisotopic (exact) mass is 277 g/mol. The van der Waals surface area contributed by atoms with Gasteiger partial charge in [-0.05, 0) is 30.5 Å². The molecular formula is C16H23NO3. The Morgan fingerprint density at radius 2 is 1.90 bits per heavy atom. The fraction of sp³-hybridized carbons (Fsp3) is 0.500. The summed E-state index contributed by atoms with van der Waals surface area (Å²) in [6.45, 7) is 7.65. The van der Waals surface area contributed by atoms with Gasteiger partial charge in [-0.25, -0.2) is 0 Å². The molecule has 110 valence electrons. The Bertz CT molecular complexity index is 484. The van der Waals surface area contributed by atoms with Gasteiger partial charge in [-0.2, -0.15) is 0 Å². The first-order valence-electron chi connectivity index (χ1n) is 7.00. The van der Waals surface area contributed by atoms with Crippen LogP contribution >= 0.6 is 0 Å². The zero-order valence-corrected chi connectivity index (χ0v) is 12.5. The second-order valence-electron chi connectivity index (χ2n) is 5.35. The summed E-state index contributed by atoms with van der Waals surface area (Å²) in [5.74, 6) is -1.24. The van der Waals surface area contributed by atoms with Gasteiger partial charge in [0.25, 0.3) is 0 Å². The smallest absolute Gasteiger partial charge is 0.310 e. The average molecular weight is 277 g/mol. The van der Waals surface area contributed by atoms with Gasteiger partial charge in [0.2, 0.25) is 5.91 Å². The Morgan fingerprint density at radius 1 is 1.25 bits per heavy atom. The summed E-state index contributed by atoms with van der Waals surface area (Å²) in [5.41, 5.74) is 1.34. The highest BCUT2D eigenvalue weighted by Crippen LogP contribution is 2.21. The second kappa shape index (κ2) is 7.08. The van der Waals surface area contributed by atoms with Crippen LogP contribution in [-0.4, -0.2) is 17.0 Å². The van der Waals surface area contributed by atoms with Crippen LogP contribution in [0.3, 0.4) is 0 Å². The van der Waals surface area contributed by atoms with Crippen molar-refractivity contribution in [2.45, 2.75) is 40.0 Å². The minimum Gasteiger partial charge on any atom is -0.481 e. The molecule has 1 aromatic carbocycles. The van der Waals surface area contributed by atoms with Gasteiger partial charge in [0.15, 0.2) is 0 Å². The highest BCUT2D eigenvalue weighted by molar-refractivity contribution is 5.92. The number of carbonyl (C=O) groups is 2. The minimum atomic E-state index is -0.874. The van der Waals surface area contributed by atoms with Gasteiger partial charge < -0.3 is 10.4 Å². The van der Waals surface area contributed by atoms with Crippen LogP contribution < -0.4 is 5.32 Å². The van der Waals surface area contributed by atoms with E-state index in [1.54, 1.807) is 31.2 Å². The predicted octanol–water partition coefficient (Wildman–Crippen LogP) is 3.50. The molecule has 3 unspecified atom stereocenters.